The van der Waals surface area contributed by atoms with Crippen molar-refractivity contribution in [2.75, 3.05) is 0 Å². The van der Waals surface area contributed by atoms with Gasteiger partial charge in [-0.15, -0.1) is 0 Å². The number of nitrogens with one attached hydrogen (secondary N) is 2. The zero-order valence-electron chi connectivity index (χ0n) is 18.9. The van der Waals surface area contributed by atoms with Gasteiger partial charge in [0.15, 0.2) is 0 Å². The fourth-order valence-corrected chi connectivity index (χ4v) is 4.05. The van der Waals surface area contributed by atoms with Crippen LogP contribution in [0.1, 0.15) is 21.5 Å². The number of fused-ring (bicyclic) bond motifs is 1. The van der Waals surface area contributed by atoms with Gasteiger partial charge in [-0.05, 0) is 59.5 Å². The number of hydrogen-bond acceptors (Lipinski definition) is 4. The Labute approximate surface area is 203 Å². The van der Waals surface area contributed by atoms with Crippen molar-refractivity contribution in [2.24, 2.45) is 0 Å². The van der Waals surface area contributed by atoms with Gasteiger partial charge in [-0.25, -0.2) is 18.6 Å². The second kappa shape index (κ2) is 9.46. The second-order valence-electron chi connectivity index (χ2n) is 8.32. The molecule has 0 bridgehead atoms. The minimum atomic E-state index is -0.723. The average molecular weight is 486 g/mol. The molecular weight excluding hydrogens is 466 g/mol. The molecular formula is C27H20F2N4O3. The minimum absolute atomic E-state index is 0.00811. The zero-order valence-corrected chi connectivity index (χ0v) is 18.9. The van der Waals surface area contributed by atoms with Crippen LogP contribution >= 0.6 is 0 Å². The van der Waals surface area contributed by atoms with E-state index in [1.54, 1.807) is 12.3 Å². The number of amides is 1. The number of halogens is 2. The highest BCUT2D eigenvalue weighted by Gasteiger charge is 2.20. The largest absolute Gasteiger partial charge is 0.329 e. The summed E-state index contributed by atoms with van der Waals surface area (Å²) >= 11 is 0. The number of hydrazine groups is 1. The Balaban J connectivity index is 1.38. The Morgan fingerprint density at radius 3 is 2.47 bits per heavy atom. The van der Waals surface area contributed by atoms with Gasteiger partial charge in [0, 0.05) is 12.4 Å². The van der Waals surface area contributed by atoms with Crippen molar-refractivity contribution in [1.82, 2.24) is 20.0 Å². The van der Waals surface area contributed by atoms with Gasteiger partial charge in [0.05, 0.1) is 23.0 Å². The highest BCUT2D eigenvalue weighted by atomic mass is 19.1. The van der Waals surface area contributed by atoms with Crippen LogP contribution in [0.2, 0.25) is 0 Å². The van der Waals surface area contributed by atoms with Gasteiger partial charge >= 0.3 is 5.69 Å². The Morgan fingerprint density at radius 2 is 1.72 bits per heavy atom. The molecule has 0 aliphatic carbocycles. The molecule has 180 valence electrons. The Hall–Kier alpha value is -4.79. The first kappa shape index (κ1) is 23.0. The summed E-state index contributed by atoms with van der Waals surface area (Å²) in [5, 5.41) is 1.18. The summed E-state index contributed by atoms with van der Waals surface area (Å²) in [6, 6.07) is 17.3. The molecule has 0 saturated heterocycles. The lowest BCUT2D eigenvalue weighted by molar-refractivity contribution is 0.0773. The van der Waals surface area contributed by atoms with Crippen molar-refractivity contribution >= 4 is 16.8 Å². The molecule has 36 heavy (non-hydrogen) atoms. The van der Waals surface area contributed by atoms with Gasteiger partial charge in [-0.2, -0.15) is 0 Å². The predicted octanol–water partition coefficient (Wildman–Crippen LogP) is 3.62. The highest BCUT2D eigenvalue weighted by molar-refractivity contribution is 5.95. The van der Waals surface area contributed by atoms with Crippen LogP contribution in [0.15, 0.2) is 100 Å². The number of aromatic nitrogens is 2. The first-order valence-corrected chi connectivity index (χ1v) is 11.1. The van der Waals surface area contributed by atoms with Crippen LogP contribution in [0.25, 0.3) is 10.9 Å². The summed E-state index contributed by atoms with van der Waals surface area (Å²) in [7, 11) is 0. The fraction of sp³-hybridized carbons (Fsp3) is 0.0741. The summed E-state index contributed by atoms with van der Waals surface area (Å²) in [5.41, 5.74) is 3.99. The molecule has 3 aromatic carbocycles. The smallest absolute Gasteiger partial charge is 0.299 e. The van der Waals surface area contributed by atoms with Gasteiger partial charge in [0.1, 0.15) is 11.6 Å². The van der Waals surface area contributed by atoms with Gasteiger partial charge in [0.25, 0.3) is 11.5 Å². The molecule has 4 aromatic rings. The van der Waals surface area contributed by atoms with E-state index in [4.69, 9.17) is 0 Å². The standard InChI is InChI=1S/C27H20F2N4O3/c28-20-7-9-24-22(14-20)25(34)31-27(36)32(24)16-19-6-8-23(29)21(13-19)26(35)33-11-10-18(15-30-33)12-17-4-2-1-3-5-17/h1-11,13-15,30H,12,16H2,(H,31,34,36). The summed E-state index contributed by atoms with van der Waals surface area (Å²) in [6.07, 6.45) is 5.65. The summed E-state index contributed by atoms with van der Waals surface area (Å²) in [4.78, 5) is 39.8. The number of nitrogens with zero attached hydrogens (tertiary/aromatic N) is 2. The molecule has 5 rings (SSSR count). The Bertz CT molecular complexity index is 1660. The number of allylic oxidation sites excluding steroid dienone is 2. The highest BCUT2D eigenvalue weighted by Crippen LogP contribution is 2.18. The van der Waals surface area contributed by atoms with Crippen molar-refractivity contribution in [2.45, 2.75) is 13.0 Å². The van der Waals surface area contributed by atoms with E-state index in [-0.39, 0.29) is 23.0 Å². The first-order chi connectivity index (χ1) is 17.4. The molecule has 9 heteroatoms. The summed E-state index contributed by atoms with van der Waals surface area (Å²) < 4.78 is 29.5. The summed E-state index contributed by atoms with van der Waals surface area (Å²) in [6.45, 7) is -0.0668. The first-order valence-electron chi connectivity index (χ1n) is 11.1. The molecule has 1 amide bonds. The fourth-order valence-electron chi connectivity index (χ4n) is 4.05. The second-order valence-corrected chi connectivity index (χ2v) is 8.32. The Kier molecular flexibility index (Phi) is 6.03. The summed E-state index contributed by atoms with van der Waals surface area (Å²) in [5.74, 6) is -1.96. The number of rotatable bonds is 5. The monoisotopic (exact) mass is 486 g/mol. The van der Waals surface area contributed by atoms with E-state index in [0.29, 0.717) is 12.0 Å². The molecule has 0 radical (unpaired) electrons. The van der Waals surface area contributed by atoms with Crippen LogP contribution in [0.5, 0.6) is 0 Å². The molecule has 1 aliphatic heterocycles. The molecule has 1 aromatic heterocycles. The Morgan fingerprint density at radius 1 is 0.917 bits per heavy atom. The number of aromatic amines is 1. The normalized spacial score (nSPS) is 12.9. The molecule has 2 heterocycles. The zero-order chi connectivity index (χ0) is 25.2. The van der Waals surface area contributed by atoms with Gasteiger partial charge < -0.3 is 0 Å². The molecule has 1 aliphatic rings. The van der Waals surface area contributed by atoms with Gasteiger partial charge in [0.2, 0.25) is 0 Å². The van der Waals surface area contributed by atoms with Crippen LogP contribution in [0.3, 0.4) is 0 Å². The van der Waals surface area contributed by atoms with Crippen molar-refractivity contribution < 1.29 is 13.6 Å². The van der Waals surface area contributed by atoms with E-state index in [2.05, 4.69) is 10.4 Å². The quantitative estimate of drug-likeness (QED) is 0.451. The van der Waals surface area contributed by atoms with E-state index in [0.717, 1.165) is 29.3 Å². The molecule has 0 atom stereocenters. The van der Waals surface area contributed by atoms with Crippen molar-refractivity contribution in [3.63, 3.8) is 0 Å². The number of hydrogen-bond donors (Lipinski definition) is 2. The van der Waals surface area contributed by atoms with Crippen LogP contribution < -0.4 is 16.7 Å². The third kappa shape index (κ3) is 4.58. The van der Waals surface area contributed by atoms with Crippen LogP contribution in [0, 0.1) is 11.6 Å². The number of benzene rings is 3. The van der Waals surface area contributed by atoms with E-state index < -0.39 is 28.8 Å². The molecule has 0 saturated carbocycles. The van der Waals surface area contributed by atoms with E-state index in [9.17, 15) is 23.2 Å². The minimum Gasteiger partial charge on any atom is -0.299 e. The maximum absolute atomic E-state index is 14.6. The third-order valence-corrected chi connectivity index (χ3v) is 5.86. The van der Waals surface area contributed by atoms with Gasteiger partial charge in [-0.3, -0.25) is 24.6 Å². The molecule has 7 nitrogen and oxygen atoms in total. The number of H-pyrrole nitrogens is 1. The predicted molar refractivity (Wildman–Crippen MR) is 131 cm³/mol. The topological polar surface area (TPSA) is 87.2 Å². The third-order valence-electron chi connectivity index (χ3n) is 5.86. The average Bonchev–Trinajstić information content (AvgIpc) is 2.88. The maximum atomic E-state index is 14.6. The van der Waals surface area contributed by atoms with E-state index >= 15 is 0 Å². The number of carbonyl (C=O) groups is 1. The lowest BCUT2D eigenvalue weighted by Crippen LogP contribution is -2.37. The molecule has 2 N–H and O–H groups in total. The SMILES string of the molecule is O=C(c1cc(Cn2c(=O)[nH]c(=O)c3cc(F)ccc32)ccc1F)N1C=CC(Cc2ccccc2)=CN1. The molecule has 0 fully saturated rings. The lowest BCUT2D eigenvalue weighted by Gasteiger charge is -2.23. The van der Waals surface area contributed by atoms with Crippen molar-refractivity contribution in [3.05, 3.63) is 140 Å². The number of carbonyl (C=O) groups excluding carboxylic acids is 1. The molecule has 0 unspecified atom stereocenters. The van der Waals surface area contributed by atoms with Crippen LogP contribution in [-0.4, -0.2) is 20.5 Å². The van der Waals surface area contributed by atoms with Gasteiger partial charge in [-0.1, -0.05) is 36.4 Å². The maximum Gasteiger partial charge on any atom is 0.329 e. The van der Waals surface area contributed by atoms with Crippen molar-refractivity contribution in [3.8, 4) is 0 Å². The van der Waals surface area contributed by atoms with E-state index in [1.807, 2.05) is 30.3 Å². The van der Waals surface area contributed by atoms with Crippen molar-refractivity contribution in [1.29, 1.82) is 0 Å². The van der Waals surface area contributed by atoms with E-state index in [1.165, 1.54) is 34.0 Å². The lowest BCUT2D eigenvalue weighted by atomic mass is 10.1. The molecule has 0 spiro atoms. The van der Waals surface area contributed by atoms with Crippen LogP contribution in [0.4, 0.5) is 8.78 Å². The van der Waals surface area contributed by atoms with Crippen LogP contribution in [-0.2, 0) is 13.0 Å².